The lowest BCUT2D eigenvalue weighted by atomic mass is 9.99. The van der Waals surface area contributed by atoms with Crippen LogP contribution in [0.25, 0.3) is 0 Å². The van der Waals surface area contributed by atoms with E-state index in [0.717, 1.165) is 58.0 Å². The second-order valence-corrected chi connectivity index (χ2v) is 7.12. The van der Waals surface area contributed by atoms with Crippen LogP contribution >= 0.6 is 0 Å². The fourth-order valence-corrected chi connectivity index (χ4v) is 4.02. The number of nitrogens with one attached hydrogen (secondary N) is 2. The Bertz CT molecular complexity index is 576. The van der Waals surface area contributed by atoms with Gasteiger partial charge in [-0.3, -0.25) is 4.79 Å². The van der Waals surface area contributed by atoms with Crippen LogP contribution in [0.4, 0.5) is 4.79 Å². The minimum Gasteiger partial charge on any atom is -0.356 e. The predicted molar refractivity (Wildman–Crippen MR) is 98.2 cm³/mol. The van der Waals surface area contributed by atoms with Crippen molar-refractivity contribution in [1.29, 1.82) is 0 Å². The largest absolute Gasteiger partial charge is 0.356 e. The van der Waals surface area contributed by atoms with Crippen LogP contribution in [0.1, 0.15) is 44.1 Å². The van der Waals surface area contributed by atoms with Crippen LogP contribution in [0.2, 0.25) is 0 Å². The van der Waals surface area contributed by atoms with Gasteiger partial charge >= 0.3 is 6.03 Å². The molecular weight excluding hydrogens is 314 g/mol. The van der Waals surface area contributed by atoms with E-state index in [9.17, 15) is 9.59 Å². The lowest BCUT2D eigenvalue weighted by Crippen LogP contribution is -2.51. The van der Waals surface area contributed by atoms with Crippen LogP contribution in [-0.4, -0.2) is 42.5 Å². The van der Waals surface area contributed by atoms with Crippen molar-refractivity contribution in [1.82, 2.24) is 15.5 Å². The van der Waals surface area contributed by atoms with Crippen molar-refractivity contribution in [3.05, 3.63) is 35.9 Å². The van der Waals surface area contributed by atoms with Gasteiger partial charge in [0, 0.05) is 25.7 Å². The molecular formula is C20H29N3O2. The first-order valence-corrected chi connectivity index (χ1v) is 9.62. The molecule has 2 atom stereocenters. The fourth-order valence-electron chi connectivity index (χ4n) is 4.02. The summed E-state index contributed by atoms with van der Waals surface area (Å²) in [6, 6.07) is 10.2. The predicted octanol–water partition coefficient (Wildman–Crippen LogP) is 2.71. The second-order valence-electron chi connectivity index (χ2n) is 7.12. The molecule has 1 aromatic rings. The number of fused-ring (bicyclic) bond motifs is 1. The molecule has 5 nitrogen and oxygen atoms in total. The standard InChI is InChI=1S/C20H29N3O2/c24-19-17-10-7-11-18(17)23(15-6-2-5-13-21-19)20(25)22-14-12-16-8-3-1-4-9-16/h1,3-4,8-9,17-18H,2,5-7,10-15H2,(H,21,24)(H,22,25). The van der Waals surface area contributed by atoms with Gasteiger partial charge in [-0.2, -0.15) is 0 Å². The van der Waals surface area contributed by atoms with E-state index in [1.807, 2.05) is 23.1 Å². The van der Waals surface area contributed by atoms with E-state index < -0.39 is 0 Å². The zero-order chi connectivity index (χ0) is 17.5. The van der Waals surface area contributed by atoms with Gasteiger partial charge in [0.1, 0.15) is 0 Å². The number of carbonyl (C=O) groups excluding carboxylic acids is 2. The molecule has 0 aromatic heterocycles. The van der Waals surface area contributed by atoms with Gasteiger partial charge in [-0.1, -0.05) is 36.8 Å². The van der Waals surface area contributed by atoms with Crippen molar-refractivity contribution in [2.75, 3.05) is 19.6 Å². The maximum absolute atomic E-state index is 12.8. The van der Waals surface area contributed by atoms with Crippen molar-refractivity contribution in [3.8, 4) is 0 Å². The molecule has 0 bridgehead atoms. The quantitative estimate of drug-likeness (QED) is 0.886. The summed E-state index contributed by atoms with van der Waals surface area (Å²) in [4.78, 5) is 27.1. The van der Waals surface area contributed by atoms with Gasteiger partial charge in [-0.25, -0.2) is 4.79 Å². The summed E-state index contributed by atoms with van der Waals surface area (Å²) in [5, 5.41) is 6.12. The Labute approximate surface area is 150 Å². The SMILES string of the molecule is O=C1NCCCCCN(C(=O)NCCc2ccccc2)C2CCCC12. The number of rotatable bonds is 3. The molecule has 1 aromatic carbocycles. The third-order valence-electron chi connectivity index (χ3n) is 5.39. The van der Waals surface area contributed by atoms with Gasteiger partial charge in [0.05, 0.1) is 5.92 Å². The first-order valence-electron chi connectivity index (χ1n) is 9.62. The van der Waals surface area contributed by atoms with Crippen LogP contribution in [0.5, 0.6) is 0 Å². The molecule has 5 heteroatoms. The van der Waals surface area contributed by atoms with E-state index in [0.29, 0.717) is 6.54 Å². The number of urea groups is 1. The summed E-state index contributed by atoms with van der Waals surface area (Å²) in [7, 11) is 0. The molecule has 0 spiro atoms. The topological polar surface area (TPSA) is 61.4 Å². The van der Waals surface area contributed by atoms with Gasteiger partial charge < -0.3 is 15.5 Å². The molecule has 3 rings (SSSR count). The fraction of sp³-hybridized carbons (Fsp3) is 0.600. The van der Waals surface area contributed by atoms with Gasteiger partial charge in [-0.05, 0) is 44.1 Å². The van der Waals surface area contributed by atoms with Crippen LogP contribution < -0.4 is 10.6 Å². The molecule has 136 valence electrons. The van der Waals surface area contributed by atoms with Crippen molar-refractivity contribution in [2.24, 2.45) is 5.92 Å². The van der Waals surface area contributed by atoms with Crippen molar-refractivity contribution < 1.29 is 9.59 Å². The van der Waals surface area contributed by atoms with E-state index >= 15 is 0 Å². The summed E-state index contributed by atoms with van der Waals surface area (Å²) in [5.74, 6) is 0.0875. The third-order valence-corrected chi connectivity index (χ3v) is 5.39. The Morgan fingerprint density at radius 3 is 2.80 bits per heavy atom. The van der Waals surface area contributed by atoms with E-state index in [4.69, 9.17) is 0 Å². The van der Waals surface area contributed by atoms with Crippen molar-refractivity contribution in [3.63, 3.8) is 0 Å². The van der Waals surface area contributed by atoms with Crippen LogP contribution in [-0.2, 0) is 11.2 Å². The number of amides is 3. The van der Waals surface area contributed by atoms with Gasteiger partial charge in [0.15, 0.2) is 0 Å². The Hall–Kier alpha value is -2.04. The highest BCUT2D eigenvalue weighted by Gasteiger charge is 2.38. The first-order chi connectivity index (χ1) is 12.3. The number of hydrogen-bond donors (Lipinski definition) is 2. The molecule has 2 unspecified atom stereocenters. The summed E-state index contributed by atoms with van der Waals surface area (Å²) in [5.41, 5.74) is 1.22. The Balaban J connectivity index is 1.60. The highest BCUT2D eigenvalue weighted by atomic mass is 16.2. The van der Waals surface area contributed by atoms with E-state index in [1.54, 1.807) is 0 Å². The Morgan fingerprint density at radius 1 is 1.12 bits per heavy atom. The lowest BCUT2D eigenvalue weighted by molar-refractivity contribution is -0.126. The molecule has 1 saturated carbocycles. The van der Waals surface area contributed by atoms with E-state index in [-0.39, 0.29) is 23.9 Å². The summed E-state index contributed by atoms with van der Waals surface area (Å²) < 4.78 is 0. The minimum atomic E-state index is -0.0435. The normalized spacial score (nSPS) is 24.3. The Morgan fingerprint density at radius 2 is 1.96 bits per heavy atom. The monoisotopic (exact) mass is 343 g/mol. The van der Waals surface area contributed by atoms with Crippen molar-refractivity contribution in [2.45, 2.75) is 51.0 Å². The zero-order valence-corrected chi connectivity index (χ0v) is 14.9. The lowest BCUT2D eigenvalue weighted by Gasteiger charge is -2.33. The molecule has 1 aliphatic heterocycles. The third kappa shape index (κ3) is 4.74. The molecule has 1 saturated heterocycles. The second kappa shape index (κ2) is 8.88. The molecule has 1 heterocycles. The van der Waals surface area contributed by atoms with Crippen molar-refractivity contribution >= 4 is 11.9 Å². The highest BCUT2D eigenvalue weighted by Crippen LogP contribution is 2.31. The van der Waals surface area contributed by atoms with Crippen LogP contribution in [0, 0.1) is 5.92 Å². The first kappa shape index (κ1) is 17.8. The number of carbonyl (C=O) groups is 2. The van der Waals surface area contributed by atoms with Gasteiger partial charge in [0.25, 0.3) is 0 Å². The molecule has 1 aliphatic carbocycles. The smallest absolute Gasteiger partial charge is 0.317 e. The number of benzene rings is 1. The average molecular weight is 343 g/mol. The molecule has 25 heavy (non-hydrogen) atoms. The minimum absolute atomic E-state index is 0.0128. The number of hydrogen-bond acceptors (Lipinski definition) is 2. The van der Waals surface area contributed by atoms with Crippen LogP contribution in [0.3, 0.4) is 0 Å². The molecule has 0 radical (unpaired) electrons. The molecule has 2 fully saturated rings. The highest BCUT2D eigenvalue weighted by molar-refractivity contribution is 5.81. The zero-order valence-electron chi connectivity index (χ0n) is 14.9. The summed E-state index contributed by atoms with van der Waals surface area (Å²) in [6.45, 7) is 2.15. The summed E-state index contributed by atoms with van der Waals surface area (Å²) >= 11 is 0. The van der Waals surface area contributed by atoms with Crippen LogP contribution in [0.15, 0.2) is 30.3 Å². The van der Waals surface area contributed by atoms with Gasteiger partial charge in [-0.15, -0.1) is 0 Å². The Kier molecular flexibility index (Phi) is 6.31. The number of nitrogens with zero attached hydrogens (tertiary/aromatic N) is 1. The maximum atomic E-state index is 12.8. The molecule has 2 N–H and O–H groups in total. The molecule has 3 amide bonds. The van der Waals surface area contributed by atoms with Gasteiger partial charge in [0.2, 0.25) is 5.91 Å². The van der Waals surface area contributed by atoms with E-state index in [1.165, 1.54) is 5.56 Å². The average Bonchev–Trinajstić information content (AvgIpc) is 3.11. The van der Waals surface area contributed by atoms with E-state index in [2.05, 4.69) is 22.8 Å². The summed E-state index contributed by atoms with van der Waals surface area (Å²) in [6.07, 6.45) is 6.73. The maximum Gasteiger partial charge on any atom is 0.317 e. The molecule has 2 aliphatic rings.